The highest BCUT2D eigenvalue weighted by atomic mass is 79.9. The van der Waals surface area contributed by atoms with E-state index in [1.807, 2.05) is 6.07 Å². The van der Waals surface area contributed by atoms with Crippen molar-refractivity contribution in [1.82, 2.24) is 0 Å². The summed E-state index contributed by atoms with van der Waals surface area (Å²) in [5, 5.41) is 0. The molecule has 0 aliphatic rings. The van der Waals surface area contributed by atoms with Crippen LogP contribution in [0.15, 0.2) is 46.9 Å². The van der Waals surface area contributed by atoms with E-state index < -0.39 is 11.7 Å². The van der Waals surface area contributed by atoms with E-state index in [1.165, 1.54) is 12.1 Å². The van der Waals surface area contributed by atoms with E-state index in [0.29, 0.717) is 16.0 Å². The van der Waals surface area contributed by atoms with Gasteiger partial charge in [0.05, 0.1) is 10.0 Å². The number of benzene rings is 2. The quantitative estimate of drug-likeness (QED) is 0.873. The van der Waals surface area contributed by atoms with E-state index in [2.05, 4.69) is 15.9 Å². The van der Waals surface area contributed by atoms with Gasteiger partial charge in [0, 0.05) is 6.54 Å². The van der Waals surface area contributed by atoms with Crippen molar-refractivity contribution in [3.8, 4) is 11.5 Å². The normalized spacial score (nSPS) is 11.4. The second kappa shape index (κ2) is 5.85. The van der Waals surface area contributed by atoms with Gasteiger partial charge in [-0.2, -0.15) is 13.2 Å². The third kappa shape index (κ3) is 3.32. The second-order valence-electron chi connectivity index (χ2n) is 4.05. The molecule has 0 aliphatic carbocycles. The molecule has 0 spiro atoms. The van der Waals surface area contributed by atoms with Gasteiger partial charge in [0.25, 0.3) is 0 Å². The van der Waals surface area contributed by atoms with E-state index in [4.69, 9.17) is 10.5 Å². The zero-order valence-electron chi connectivity index (χ0n) is 10.2. The highest BCUT2D eigenvalue weighted by molar-refractivity contribution is 9.10. The molecule has 0 unspecified atom stereocenters. The first kappa shape index (κ1) is 14.9. The Bertz CT molecular complexity index is 614. The fourth-order valence-corrected chi connectivity index (χ4v) is 2.10. The Hall–Kier alpha value is -1.53. The van der Waals surface area contributed by atoms with Crippen molar-refractivity contribution in [3.05, 3.63) is 58.1 Å². The van der Waals surface area contributed by atoms with E-state index in [-0.39, 0.29) is 12.1 Å². The summed E-state index contributed by atoms with van der Waals surface area (Å²) in [6, 6.07) is 10.6. The van der Waals surface area contributed by atoms with Crippen molar-refractivity contribution < 1.29 is 17.9 Å². The molecule has 0 fully saturated rings. The summed E-state index contributed by atoms with van der Waals surface area (Å²) < 4.78 is 44.5. The van der Waals surface area contributed by atoms with Gasteiger partial charge in [-0.05, 0) is 51.8 Å². The van der Waals surface area contributed by atoms with Crippen LogP contribution in [-0.2, 0) is 12.7 Å². The number of rotatable bonds is 3. The van der Waals surface area contributed by atoms with Crippen molar-refractivity contribution in [2.45, 2.75) is 12.7 Å². The third-order valence-corrected chi connectivity index (χ3v) is 3.32. The van der Waals surface area contributed by atoms with Crippen molar-refractivity contribution >= 4 is 15.9 Å². The molecule has 0 amide bonds. The summed E-state index contributed by atoms with van der Waals surface area (Å²) >= 11 is 3.31. The van der Waals surface area contributed by atoms with Crippen LogP contribution < -0.4 is 10.5 Å². The summed E-state index contributed by atoms with van der Waals surface area (Å²) in [7, 11) is 0. The smallest absolute Gasteiger partial charge is 0.416 e. The van der Waals surface area contributed by atoms with E-state index in [9.17, 15) is 13.2 Å². The number of halogens is 4. The van der Waals surface area contributed by atoms with Crippen molar-refractivity contribution in [3.63, 3.8) is 0 Å². The van der Waals surface area contributed by atoms with Crippen LogP contribution in [0.25, 0.3) is 0 Å². The number of nitrogens with two attached hydrogens (primary N) is 1. The van der Waals surface area contributed by atoms with E-state index >= 15 is 0 Å². The Balaban J connectivity index is 2.33. The van der Waals surface area contributed by atoms with Crippen molar-refractivity contribution in [2.24, 2.45) is 5.73 Å². The predicted molar refractivity (Wildman–Crippen MR) is 73.6 cm³/mol. The van der Waals surface area contributed by atoms with Crippen LogP contribution in [0.1, 0.15) is 11.1 Å². The lowest BCUT2D eigenvalue weighted by molar-refractivity contribution is -0.138. The molecule has 0 saturated heterocycles. The average Bonchev–Trinajstić information content (AvgIpc) is 2.40. The molecule has 0 saturated carbocycles. The third-order valence-electron chi connectivity index (χ3n) is 2.67. The van der Waals surface area contributed by atoms with Crippen molar-refractivity contribution in [1.29, 1.82) is 0 Å². The lowest BCUT2D eigenvalue weighted by Crippen LogP contribution is -2.11. The van der Waals surface area contributed by atoms with Crippen LogP contribution in [-0.4, -0.2) is 0 Å². The summed E-state index contributed by atoms with van der Waals surface area (Å²) in [6.07, 6.45) is -4.42. The molecule has 0 atom stereocenters. The Kier molecular flexibility index (Phi) is 4.35. The van der Waals surface area contributed by atoms with Crippen LogP contribution >= 0.6 is 15.9 Å². The van der Waals surface area contributed by atoms with Crippen LogP contribution in [0.4, 0.5) is 13.2 Å². The number of hydrogen-bond acceptors (Lipinski definition) is 2. The first-order valence-electron chi connectivity index (χ1n) is 5.74. The molecule has 0 bridgehead atoms. The molecule has 2 nitrogen and oxygen atoms in total. The number of para-hydroxylation sites is 1. The first-order valence-corrected chi connectivity index (χ1v) is 6.53. The molecule has 20 heavy (non-hydrogen) atoms. The van der Waals surface area contributed by atoms with Crippen LogP contribution in [0.3, 0.4) is 0 Å². The van der Waals surface area contributed by atoms with Gasteiger partial charge in [0.15, 0.2) is 0 Å². The minimum atomic E-state index is -4.42. The van der Waals surface area contributed by atoms with Gasteiger partial charge >= 0.3 is 6.18 Å². The van der Waals surface area contributed by atoms with Gasteiger partial charge in [0.2, 0.25) is 0 Å². The van der Waals surface area contributed by atoms with Crippen molar-refractivity contribution in [2.75, 3.05) is 0 Å². The molecule has 6 heteroatoms. The molecule has 0 aromatic heterocycles. The fraction of sp³-hybridized carbons (Fsp3) is 0.143. The van der Waals surface area contributed by atoms with Gasteiger partial charge < -0.3 is 10.5 Å². The zero-order valence-corrected chi connectivity index (χ0v) is 11.8. The molecule has 2 aromatic rings. The molecule has 2 aromatic carbocycles. The van der Waals surface area contributed by atoms with Crippen LogP contribution in [0.2, 0.25) is 0 Å². The minimum absolute atomic E-state index is 0.00190. The Morgan fingerprint density at radius 2 is 1.80 bits per heavy atom. The SMILES string of the molecule is NCc1cc(Oc2ccccc2Br)ccc1C(F)(F)F. The maximum Gasteiger partial charge on any atom is 0.416 e. The summed E-state index contributed by atoms with van der Waals surface area (Å²) in [4.78, 5) is 0. The molecule has 2 rings (SSSR count). The van der Waals surface area contributed by atoms with E-state index in [0.717, 1.165) is 6.07 Å². The number of hydrogen-bond donors (Lipinski definition) is 1. The zero-order chi connectivity index (χ0) is 14.8. The van der Waals surface area contributed by atoms with Crippen LogP contribution in [0.5, 0.6) is 11.5 Å². The van der Waals surface area contributed by atoms with Crippen LogP contribution in [0, 0.1) is 0 Å². The second-order valence-corrected chi connectivity index (χ2v) is 4.91. The molecule has 106 valence electrons. The molecule has 0 radical (unpaired) electrons. The molecule has 0 heterocycles. The Morgan fingerprint density at radius 1 is 1.10 bits per heavy atom. The molecule has 2 N–H and O–H groups in total. The molecular formula is C14H11BrF3NO. The maximum absolute atomic E-state index is 12.8. The number of ether oxygens (including phenoxy) is 1. The topological polar surface area (TPSA) is 35.2 Å². The maximum atomic E-state index is 12.8. The average molecular weight is 346 g/mol. The minimum Gasteiger partial charge on any atom is -0.456 e. The largest absolute Gasteiger partial charge is 0.456 e. The summed E-state index contributed by atoms with van der Waals surface area (Å²) in [5.41, 5.74) is 4.64. The van der Waals surface area contributed by atoms with Gasteiger partial charge in [0.1, 0.15) is 11.5 Å². The van der Waals surface area contributed by atoms with Gasteiger partial charge in [-0.1, -0.05) is 12.1 Å². The van der Waals surface area contributed by atoms with Gasteiger partial charge in [-0.15, -0.1) is 0 Å². The lowest BCUT2D eigenvalue weighted by Gasteiger charge is -2.14. The lowest BCUT2D eigenvalue weighted by atomic mass is 10.1. The summed E-state index contributed by atoms with van der Waals surface area (Å²) in [5.74, 6) is 0.834. The monoisotopic (exact) mass is 345 g/mol. The predicted octanol–water partition coefficient (Wildman–Crippen LogP) is 4.72. The van der Waals surface area contributed by atoms with Gasteiger partial charge in [-0.3, -0.25) is 0 Å². The highest BCUT2D eigenvalue weighted by Gasteiger charge is 2.33. The molecule has 0 aliphatic heterocycles. The Labute approximate surface area is 122 Å². The standard InChI is InChI=1S/C14H11BrF3NO/c15-12-3-1-2-4-13(12)20-10-5-6-11(14(16,17)18)9(7-10)8-19/h1-7H,8,19H2. The number of alkyl halides is 3. The summed E-state index contributed by atoms with van der Waals surface area (Å²) in [6.45, 7) is -0.206. The van der Waals surface area contributed by atoms with Gasteiger partial charge in [-0.25, -0.2) is 0 Å². The Morgan fingerprint density at radius 3 is 2.40 bits per heavy atom. The molecular weight excluding hydrogens is 335 g/mol. The first-order chi connectivity index (χ1) is 9.41. The highest BCUT2D eigenvalue weighted by Crippen LogP contribution is 2.35. The fourth-order valence-electron chi connectivity index (χ4n) is 1.73. The van der Waals surface area contributed by atoms with E-state index in [1.54, 1.807) is 18.2 Å².